The Morgan fingerprint density at radius 2 is 1.85 bits per heavy atom. The van der Waals surface area contributed by atoms with Crippen molar-refractivity contribution < 1.29 is 4.74 Å². The first-order valence-corrected chi connectivity index (χ1v) is 7.68. The SMILES string of the molecule is COc1ccc(C(N)C(C)N2CC(C)CCC2C)cc1. The normalized spacial score (nSPS) is 27.1. The fourth-order valence-corrected chi connectivity index (χ4v) is 3.20. The molecule has 0 amide bonds. The van der Waals surface area contributed by atoms with Gasteiger partial charge in [0.25, 0.3) is 0 Å². The molecule has 0 aliphatic carbocycles. The van der Waals surface area contributed by atoms with E-state index in [4.69, 9.17) is 10.5 Å². The molecule has 1 aromatic carbocycles. The Labute approximate surface area is 123 Å². The minimum absolute atomic E-state index is 0.0497. The molecule has 20 heavy (non-hydrogen) atoms. The summed E-state index contributed by atoms with van der Waals surface area (Å²) < 4.78 is 5.21. The van der Waals surface area contributed by atoms with Crippen LogP contribution in [0.2, 0.25) is 0 Å². The zero-order chi connectivity index (χ0) is 14.7. The van der Waals surface area contributed by atoms with Crippen LogP contribution >= 0.6 is 0 Å². The number of nitrogens with zero attached hydrogens (tertiary/aromatic N) is 1. The summed E-state index contributed by atoms with van der Waals surface area (Å²) in [5.74, 6) is 1.66. The molecule has 1 fully saturated rings. The van der Waals surface area contributed by atoms with Gasteiger partial charge in [-0.3, -0.25) is 4.90 Å². The van der Waals surface area contributed by atoms with Crippen molar-refractivity contribution in [2.45, 2.75) is 51.7 Å². The molecule has 1 aliphatic heterocycles. The molecule has 0 radical (unpaired) electrons. The van der Waals surface area contributed by atoms with Gasteiger partial charge in [-0.25, -0.2) is 0 Å². The number of rotatable bonds is 4. The molecule has 0 spiro atoms. The van der Waals surface area contributed by atoms with Crippen LogP contribution in [-0.2, 0) is 0 Å². The summed E-state index contributed by atoms with van der Waals surface area (Å²) in [5.41, 5.74) is 7.67. The number of nitrogens with two attached hydrogens (primary N) is 1. The van der Waals surface area contributed by atoms with Gasteiger partial charge in [0.15, 0.2) is 0 Å². The molecule has 0 aromatic heterocycles. The minimum atomic E-state index is 0.0497. The van der Waals surface area contributed by atoms with E-state index in [1.165, 1.54) is 18.4 Å². The third kappa shape index (κ3) is 3.33. The third-order valence-electron chi connectivity index (χ3n) is 4.71. The van der Waals surface area contributed by atoms with Gasteiger partial charge in [-0.2, -0.15) is 0 Å². The number of hydrogen-bond donors (Lipinski definition) is 1. The van der Waals surface area contributed by atoms with Crippen molar-refractivity contribution in [2.75, 3.05) is 13.7 Å². The predicted octanol–water partition coefficient (Wildman–Crippen LogP) is 3.20. The van der Waals surface area contributed by atoms with E-state index in [9.17, 15) is 0 Å². The average Bonchev–Trinajstić information content (AvgIpc) is 2.48. The first-order valence-electron chi connectivity index (χ1n) is 7.68. The molecule has 4 unspecified atom stereocenters. The summed E-state index contributed by atoms with van der Waals surface area (Å²) in [6.07, 6.45) is 2.61. The maximum atomic E-state index is 6.49. The third-order valence-corrected chi connectivity index (χ3v) is 4.71. The topological polar surface area (TPSA) is 38.5 Å². The lowest BCUT2D eigenvalue weighted by Crippen LogP contribution is -2.50. The van der Waals surface area contributed by atoms with Crippen LogP contribution in [0.1, 0.15) is 45.2 Å². The van der Waals surface area contributed by atoms with E-state index in [1.807, 2.05) is 12.1 Å². The standard InChI is InChI=1S/C17H28N2O/c1-12-5-6-13(2)19(11-12)14(3)17(18)15-7-9-16(20-4)10-8-15/h7-10,12-14,17H,5-6,11,18H2,1-4H3. The quantitative estimate of drug-likeness (QED) is 0.917. The van der Waals surface area contributed by atoms with Crippen LogP contribution in [0.4, 0.5) is 0 Å². The lowest BCUT2D eigenvalue weighted by atomic mass is 9.91. The molecule has 4 atom stereocenters. The van der Waals surface area contributed by atoms with Crippen LogP contribution < -0.4 is 10.5 Å². The van der Waals surface area contributed by atoms with Crippen LogP contribution in [0.3, 0.4) is 0 Å². The van der Waals surface area contributed by atoms with E-state index >= 15 is 0 Å². The first-order chi connectivity index (χ1) is 9.52. The molecule has 2 rings (SSSR count). The van der Waals surface area contributed by atoms with E-state index in [0.29, 0.717) is 12.1 Å². The van der Waals surface area contributed by atoms with E-state index in [0.717, 1.165) is 18.2 Å². The summed E-state index contributed by atoms with van der Waals surface area (Å²) in [6, 6.07) is 9.19. The Balaban J connectivity index is 2.08. The minimum Gasteiger partial charge on any atom is -0.497 e. The van der Waals surface area contributed by atoms with Crippen molar-refractivity contribution in [1.29, 1.82) is 0 Å². The van der Waals surface area contributed by atoms with Gasteiger partial charge in [0, 0.05) is 24.7 Å². The summed E-state index contributed by atoms with van der Waals surface area (Å²) in [4.78, 5) is 2.57. The highest BCUT2D eigenvalue weighted by molar-refractivity contribution is 5.29. The number of benzene rings is 1. The zero-order valence-electron chi connectivity index (χ0n) is 13.2. The zero-order valence-corrected chi connectivity index (χ0v) is 13.2. The van der Waals surface area contributed by atoms with Crippen molar-refractivity contribution in [3.8, 4) is 5.75 Å². The van der Waals surface area contributed by atoms with Gasteiger partial charge in [-0.1, -0.05) is 19.1 Å². The molecule has 2 N–H and O–H groups in total. The summed E-state index contributed by atoms with van der Waals surface area (Å²) in [5, 5.41) is 0. The van der Waals surface area contributed by atoms with Gasteiger partial charge in [0.05, 0.1) is 7.11 Å². The number of ether oxygens (including phenoxy) is 1. The van der Waals surface area contributed by atoms with Gasteiger partial charge in [-0.05, 0) is 50.3 Å². The van der Waals surface area contributed by atoms with Crippen LogP contribution in [0.15, 0.2) is 24.3 Å². The van der Waals surface area contributed by atoms with Gasteiger partial charge in [0.2, 0.25) is 0 Å². The largest absolute Gasteiger partial charge is 0.497 e. The van der Waals surface area contributed by atoms with Gasteiger partial charge >= 0.3 is 0 Å². The lowest BCUT2D eigenvalue weighted by Gasteiger charge is -2.43. The van der Waals surface area contributed by atoms with E-state index < -0.39 is 0 Å². The number of methoxy groups -OCH3 is 1. The highest BCUT2D eigenvalue weighted by atomic mass is 16.5. The predicted molar refractivity (Wildman–Crippen MR) is 84.0 cm³/mol. The molecule has 1 saturated heterocycles. The van der Waals surface area contributed by atoms with Crippen LogP contribution in [0.5, 0.6) is 5.75 Å². The van der Waals surface area contributed by atoms with Gasteiger partial charge in [-0.15, -0.1) is 0 Å². The van der Waals surface area contributed by atoms with Gasteiger partial charge < -0.3 is 10.5 Å². The van der Waals surface area contributed by atoms with Gasteiger partial charge in [0.1, 0.15) is 5.75 Å². The maximum absolute atomic E-state index is 6.49. The van der Waals surface area contributed by atoms with Crippen molar-refractivity contribution in [3.05, 3.63) is 29.8 Å². The van der Waals surface area contributed by atoms with E-state index in [-0.39, 0.29) is 6.04 Å². The van der Waals surface area contributed by atoms with Crippen molar-refractivity contribution in [2.24, 2.45) is 11.7 Å². The number of piperidine rings is 1. The Morgan fingerprint density at radius 1 is 1.20 bits per heavy atom. The molecule has 112 valence electrons. The second kappa shape index (κ2) is 6.59. The summed E-state index contributed by atoms with van der Waals surface area (Å²) in [6.45, 7) is 8.07. The van der Waals surface area contributed by atoms with Crippen molar-refractivity contribution in [3.63, 3.8) is 0 Å². The molecule has 1 aliphatic rings. The molecule has 0 bridgehead atoms. The Hall–Kier alpha value is -1.06. The smallest absolute Gasteiger partial charge is 0.118 e. The van der Waals surface area contributed by atoms with Crippen LogP contribution in [-0.4, -0.2) is 30.6 Å². The molecule has 1 aromatic rings. The number of likely N-dealkylation sites (tertiary alicyclic amines) is 1. The summed E-state index contributed by atoms with van der Waals surface area (Å²) in [7, 11) is 1.69. The van der Waals surface area contributed by atoms with E-state index in [2.05, 4.69) is 37.8 Å². The first kappa shape index (κ1) is 15.3. The van der Waals surface area contributed by atoms with Crippen LogP contribution in [0.25, 0.3) is 0 Å². The highest BCUT2D eigenvalue weighted by Gasteiger charge is 2.30. The fraction of sp³-hybridized carbons (Fsp3) is 0.647. The fourth-order valence-electron chi connectivity index (χ4n) is 3.20. The summed E-state index contributed by atoms with van der Waals surface area (Å²) >= 11 is 0. The molecular weight excluding hydrogens is 248 g/mol. The highest BCUT2D eigenvalue weighted by Crippen LogP contribution is 2.28. The maximum Gasteiger partial charge on any atom is 0.118 e. The Kier molecular flexibility index (Phi) is 5.06. The molecule has 0 saturated carbocycles. The van der Waals surface area contributed by atoms with Crippen LogP contribution in [0, 0.1) is 5.92 Å². The molecule has 1 heterocycles. The van der Waals surface area contributed by atoms with Crippen molar-refractivity contribution >= 4 is 0 Å². The molecular formula is C17H28N2O. The Bertz CT molecular complexity index is 418. The second-order valence-electron chi connectivity index (χ2n) is 6.27. The molecule has 3 heteroatoms. The van der Waals surface area contributed by atoms with E-state index in [1.54, 1.807) is 7.11 Å². The monoisotopic (exact) mass is 276 g/mol. The van der Waals surface area contributed by atoms with Crippen molar-refractivity contribution in [1.82, 2.24) is 4.90 Å². The average molecular weight is 276 g/mol. The molecule has 3 nitrogen and oxygen atoms in total. The number of hydrogen-bond acceptors (Lipinski definition) is 3. The second-order valence-corrected chi connectivity index (χ2v) is 6.27. The lowest BCUT2D eigenvalue weighted by molar-refractivity contribution is 0.0722. The Morgan fingerprint density at radius 3 is 2.45 bits per heavy atom.